The van der Waals surface area contributed by atoms with Crippen molar-refractivity contribution in [1.29, 1.82) is 0 Å². The third kappa shape index (κ3) is 5.13. The van der Waals surface area contributed by atoms with Gasteiger partial charge in [-0.25, -0.2) is 0 Å². The summed E-state index contributed by atoms with van der Waals surface area (Å²) in [7, 11) is 0. The number of aryl methyl sites for hydroxylation is 1. The molecule has 5 rings (SSSR count). The Morgan fingerprint density at radius 2 is 2.08 bits per heavy atom. The van der Waals surface area contributed by atoms with Crippen LogP contribution in [0, 0.1) is 12.8 Å². The molecule has 2 aliphatic carbocycles. The summed E-state index contributed by atoms with van der Waals surface area (Å²) in [5, 5.41) is 15.4. The van der Waals surface area contributed by atoms with Crippen LogP contribution in [-0.2, 0) is 15.0 Å². The molecule has 3 atom stereocenters. The van der Waals surface area contributed by atoms with Gasteiger partial charge in [0, 0.05) is 43.1 Å². The molecule has 0 radical (unpaired) electrons. The van der Waals surface area contributed by atoms with Crippen molar-refractivity contribution in [3.05, 3.63) is 59.6 Å². The number of rotatable bonds is 7. The van der Waals surface area contributed by atoms with E-state index in [-0.39, 0.29) is 17.9 Å². The summed E-state index contributed by atoms with van der Waals surface area (Å²) in [4.78, 5) is 26.8. The maximum absolute atomic E-state index is 12.8. The molecular formula is C29H36N2O5. The van der Waals surface area contributed by atoms with Crippen LogP contribution in [0.2, 0.25) is 0 Å². The first kappa shape index (κ1) is 24.8. The average Bonchev–Trinajstić information content (AvgIpc) is 3.55. The average molecular weight is 493 g/mol. The van der Waals surface area contributed by atoms with Gasteiger partial charge >= 0.3 is 5.97 Å². The molecule has 0 spiro atoms. The Labute approximate surface area is 212 Å². The van der Waals surface area contributed by atoms with Gasteiger partial charge in [0.05, 0.1) is 11.9 Å². The summed E-state index contributed by atoms with van der Waals surface area (Å²) in [6.07, 6.45) is 10.2. The zero-order valence-electron chi connectivity index (χ0n) is 21.2. The van der Waals surface area contributed by atoms with Gasteiger partial charge in [0.1, 0.15) is 11.5 Å². The number of hydrogen-bond donors (Lipinski definition) is 2. The number of furan rings is 1. The molecule has 192 valence electrons. The number of fused-ring (bicyclic) bond motifs is 1. The number of carbonyl (C=O) groups excluding carboxylic acids is 2. The van der Waals surface area contributed by atoms with Crippen molar-refractivity contribution in [3.8, 4) is 5.75 Å². The second kappa shape index (κ2) is 9.87. The van der Waals surface area contributed by atoms with Crippen LogP contribution in [0.1, 0.15) is 62.3 Å². The Bertz CT molecular complexity index is 1150. The number of aliphatic hydroxyl groups is 1. The van der Waals surface area contributed by atoms with Crippen molar-refractivity contribution in [1.82, 2.24) is 10.2 Å². The molecule has 1 aromatic heterocycles. The third-order valence-corrected chi connectivity index (χ3v) is 8.25. The Kier molecular flexibility index (Phi) is 6.79. The SMILES string of the molecule is CC(=O)Oc1cccc([C@@]23CCN(CC4CC4)C[C@@]2(O)CC[C@H](NC(=O)C=Cc2ccoc2C)C3)c1. The first-order valence-corrected chi connectivity index (χ1v) is 13.0. The molecule has 1 saturated heterocycles. The summed E-state index contributed by atoms with van der Waals surface area (Å²) >= 11 is 0. The smallest absolute Gasteiger partial charge is 0.308 e. The Morgan fingerprint density at radius 3 is 2.81 bits per heavy atom. The van der Waals surface area contributed by atoms with Gasteiger partial charge in [-0.05, 0) is 87.7 Å². The van der Waals surface area contributed by atoms with E-state index in [1.54, 1.807) is 24.5 Å². The van der Waals surface area contributed by atoms with Gasteiger partial charge in [-0.1, -0.05) is 12.1 Å². The highest BCUT2D eigenvalue weighted by atomic mass is 16.5. The van der Waals surface area contributed by atoms with Gasteiger partial charge in [0.15, 0.2) is 0 Å². The van der Waals surface area contributed by atoms with Crippen molar-refractivity contribution in [3.63, 3.8) is 0 Å². The fraction of sp³-hybridized carbons (Fsp3) is 0.517. The molecule has 3 aliphatic rings. The molecule has 1 aromatic carbocycles. The van der Waals surface area contributed by atoms with Gasteiger partial charge in [-0.2, -0.15) is 0 Å². The van der Waals surface area contributed by atoms with E-state index in [0.29, 0.717) is 31.6 Å². The van der Waals surface area contributed by atoms with E-state index in [1.807, 2.05) is 31.2 Å². The number of β-amino-alcohol motifs (C(OH)–C–C–N with tert-alkyl or cyclic N) is 1. The van der Waals surface area contributed by atoms with Crippen molar-refractivity contribution in [2.24, 2.45) is 5.92 Å². The largest absolute Gasteiger partial charge is 0.469 e. The third-order valence-electron chi connectivity index (χ3n) is 8.25. The molecule has 2 aromatic rings. The molecule has 36 heavy (non-hydrogen) atoms. The van der Waals surface area contributed by atoms with Crippen LogP contribution >= 0.6 is 0 Å². The summed E-state index contributed by atoms with van der Waals surface area (Å²) in [5.41, 5.74) is 0.396. The van der Waals surface area contributed by atoms with Gasteiger partial charge in [-0.15, -0.1) is 0 Å². The fourth-order valence-corrected chi connectivity index (χ4v) is 6.21. The number of nitrogens with one attached hydrogen (secondary N) is 1. The molecule has 1 aliphatic heterocycles. The quantitative estimate of drug-likeness (QED) is 0.345. The van der Waals surface area contributed by atoms with Crippen molar-refractivity contribution >= 4 is 18.0 Å². The maximum atomic E-state index is 12.8. The molecular weight excluding hydrogens is 456 g/mol. The number of piperidine rings is 1. The molecule has 0 bridgehead atoms. The second-order valence-corrected chi connectivity index (χ2v) is 10.9. The normalized spacial score (nSPS) is 28.6. The van der Waals surface area contributed by atoms with Crippen molar-refractivity contribution < 1.29 is 23.8 Å². The number of carbonyl (C=O) groups is 2. The number of ether oxygens (including phenoxy) is 1. The lowest BCUT2D eigenvalue weighted by Gasteiger charge is -2.58. The molecule has 3 fully saturated rings. The minimum atomic E-state index is -0.917. The highest BCUT2D eigenvalue weighted by Crippen LogP contribution is 2.52. The highest BCUT2D eigenvalue weighted by molar-refractivity contribution is 5.92. The fourth-order valence-electron chi connectivity index (χ4n) is 6.21. The van der Waals surface area contributed by atoms with E-state index in [4.69, 9.17) is 9.15 Å². The van der Waals surface area contributed by atoms with E-state index in [9.17, 15) is 14.7 Å². The number of esters is 1. The summed E-state index contributed by atoms with van der Waals surface area (Å²) in [6.45, 7) is 5.83. The van der Waals surface area contributed by atoms with Crippen LogP contribution in [0.5, 0.6) is 5.75 Å². The predicted octanol–water partition coefficient (Wildman–Crippen LogP) is 3.98. The molecule has 2 heterocycles. The monoisotopic (exact) mass is 492 g/mol. The molecule has 2 N–H and O–H groups in total. The lowest BCUT2D eigenvalue weighted by molar-refractivity contribution is -0.133. The van der Waals surface area contributed by atoms with Crippen LogP contribution in [0.25, 0.3) is 6.08 Å². The van der Waals surface area contributed by atoms with Crippen LogP contribution in [0.3, 0.4) is 0 Å². The standard InChI is InChI=1S/C29H36N2O5/c1-20-23(11-15-35-20)8-9-27(33)30-25-10-12-29(34)19-31(18-22-6-7-22)14-13-28(29,17-25)24-4-3-5-26(16-24)36-21(2)32/h3-5,8-9,11,15-16,22,25,34H,6-7,10,12-14,17-19H2,1-2H3,(H,30,33)/t25-,28-,29-/m0/s1. The van der Waals surface area contributed by atoms with Gasteiger partial charge in [0.25, 0.3) is 0 Å². The predicted molar refractivity (Wildman–Crippen MR) is 136 cm³/mol. The molecule has 7 heteroatoms. The van der Waals surface area contributed by atoms with E-state index in [0.717, 1.165) is 42.3 Å². The minimum Gasteiger partial charge on any atom is -0.469 e. The Balaban J connectivity index is 1.39. The number of amides is 1. The Morgan fingerprint density at radius 1 is 1.25 bits per heavy atom. The van der Waals surface area contributed by atoms with Crippen molar-refractivity contribution in [2.75, 3.05) is 19.6 Å². The van der Waals surface area contributed by atoms with Crippen LogP contribution in [0.15, 0.2) is 47.1 Å². The van der Waals surface area contributed by atoms with E-state index in [2.05, 4.69) is 10.2 Å². The lowest BCUT2D eigenvalue weighted by Crippen LogP contribution is -2.67. The zero-order valence-corrected chi connectivity index (χ0v) is 21.2. The first-order chi connectivity index (χ1) is 17.3. The van der Waals surface area contributed by atoms with Gasteiger partial charge in [0.2, 0.25) is 5.91 Å². The minimum absolute atomic E-state index is 0.0692. The first-order valence-electron chi connectivity index (χ1n) is 13.0. The van der Waals surface area contributed by atoms with E-state index >= 15 is 0 Å². The summed E-state index contributed by atoms with van der Waals surface area (Å²) in [6, 6.07) is 9.35. The topological polar surface area (TPSA) is 92.0 Å². The number of hydrogen-bond acceptors (Lipinski definition) is 6. The summed E-state index contributed by atoms with van der Waals surface area (Å²) < 4.78 is 10.7. The van der Waals surface area contributed by atoms with Crippen LogP contribution in [0.4, 0.5) is 0 Å². The molecule has 2 saturated carbocycles. The summed E-state index contributed by atoms with van der Waals surface area (Å²) in [5.74, 6) is 1.50. The van der Waals surface area contributed by atoms with Crippen LogP contribution < -0.4 is 10.1 Å². The Hall–Kier alpha value is -2.90. The number of nitrogens with zero attached hydrogens (tertiary/aromatic N) is 1. The van der Waals surface area contributed by atoms with E-state index < -0.39 is 11.0 Å². The second-order valence-electron chi connectivity index (χ2n) is 10.9. The van der Waals surface area contributed by atoms with Gasteiger partial charge < -0.3 is 24.5 Å². The molecule has 1 amide bonds. The molecule has 7 nitrogen and oxygen atoms in total. The lowest BCUT2D eigenvalue weighted by atomic mass is 9.55. The molecule has 0 unspecified atom stereocenters. The highest BCUT2D eigenvalue weighted by Gasteiger charge is 2.57. The van der Waals surface area contributed by atoms with Crippen LogP contribution in [-0.4, -0.2) is 53.2 Å². The van der Waals surface area contributed by atoms with Gasteiger partial charge in [-0.3, -0.25) is 9.59 Å². The zero-order chi connectivity index (χ0) is 25.3. The number of likely N-dealkylation sites (tertiary alicyclic amines) is 1. The van der Waals surface area contributed by atoms with E-state index in [1.165, 1.54) is 19.8 Å². The van der Waals surface area contributed by atoms with Crippen molar-refractivity contribution in [2.45, 2.75) is 69.4 Å². The number of benzene rings is 1. The maximum Gasteiger partial charge on any atom is 0.308 e.